The first-order valence-electron chi connectivity index (χ1n) is 10.0. The maximum absolute atomic E-state index is 4.99. The van der Waals surface area contributed by atoms with Crippen LogP contribution in [0.3, 0.4) is 0 Å². The first-order valence-corrected chi connectivity index (χ1v) is 12.4. The van der Waals surface area contributed by atoms with Crippen molar-refractivity contribution in [2.75, 3.05) is 6.16 Å². The summed E-state index contributed by atoms with van der Waals surface area (Å²) in [6, 6.07) is 28.2. The highest BCUT2D eigenvalue weighted by Gasteiger charge is 2.22. The lowest BCUT2D eigenvalue weighted by atomic mass is 10.1. The zero-order valence-electron chi connectivity index (χ0n) is 17.2. The van der Waals surface area contributed by atoms with Gasteiger partial charge in [-0.05, 0) is 49.7 Å². The zero-order valence-corrected chi connectivity index (χ0v) is 18.9. The molecule has 0 N–H and O–H groups in total. The average Bonchev–Trinajstić information content (AvgIpc) is 3.24. The van der Waals surface area contributed by atoms with Crippen molar-refractivity contribution in [2.45, 2.75) is 26.7 Å². The Hall–Kier alpha value is -2.28. The van der Waals surface area contributed by atoms with Gasteiger partial charge in [0.05, 0.1) is 5.69 Å². The van der Waals surface area contributed by atoms with E-state index in [1.807, 2.05) is 0 Å². The molecule has 0 aliphatic heterocycles. The molecule has 0 saturated carbocycles. The number of aromatic nitrogens is 1. The van der Waals surface area contributed by atoms with Crippen LogP contribution in [0.1, 0.15) is 29.7 Å². The maximum Gasteiger partial charge on any atom is 0.123 e. The second-order valence-corrected chi connectivity index (χ2v) is 10.6. The summed E-state index contributed by atoms with van der Waals surface area (Å²) in [5.74, 6) is 0.411. The van der Waals surface area contributed by atoms with E-state index in [1.165, 1.54) is 33.0 Å². The van der Waals surface area contributed by atoms with Crippen molar-refractivity contribution in [1.29, 1.82) is 0 Å². The van der Waals surface area contributed by atoms with Crippen LogP contribution in [0.25, 0.3) is 10.6 Å². The molecule has 3 heteroatoms. The van der Waals surface area contributed by atoms with E-state index in [9.17, 15) is 0 Å². The maximum atomic E-state index is 4.99. The summed E-state index contributed by atoms with van der Waals surface area (Å²) < 4.78 is 0. The van der Waals surface area contributed by atoms with Gasteiger partial charge in [-0.25, -0.2) is 4.98 Å². The molecule has 0 aliphatic carbocycles. The molecule has 0 bridgehead atoms. The Morgan fingerprint density at radius 2 is 1.34 bits per heavy atom. The number of nitrogens with zero attached hydrogens (tertiary/aromatic N) is 1. The Morgan fingerprint density at radius 3 is 1.93 bits per heavy atom. The minimum absolute atomic E-state index is 0.411. The van der Waals surface area contributed by atoms with Crippen molar-refractivity contribution >= 4 is 29.9 Å². The molecule has 0 fully saturated rings. The summed E-state index contributed by atoms with van der Waals surface area (Å²) in [7, 11) is -0.436. The minimum Gasteiger partial charge on any atom is -0.241 e. The topological polar surface area (TPSA) is 12.9 Å². The Balaban J connectivity index is 1.66. The number of hydrogen-bond acceptors (Lipinski definition) is 2. The number of thiazole rings is 1. The second-order valence-electron chi connectivity index (χ2n) is 7.53. The van der Waals surface area contributed by atoms with Gasteiger partial charge >= 0.3 is 0 Å². The van der Waals surface area contributed by atoms with Gasteiger partial charge < -0.3 is 0 Å². The van der Waals surface area contributed by atoms with Crippen LogP contribution in [0, 0.1) is 13.8 Å². The third-order valence-corrected chi connectivity index (χ3v) is 9.31. The molecule has 0 radical (unpaired) electrons. The summed E-state index contributed by atoms with van der Waals surface area (Å²) in [5.41, 5.74) is 5.19. The van der Waals surface area contributed by atoms with E-state index >= 15 is 0 Å². The summed E-state index contributed by atoms with van der Waals surface area (Å²) >= 11 is 1.75. The van der Waals surface area contributed by atoms with Crippen LogP contribution in [0.4, 0.5) is 0 Å². The van der Waals surface area contributed by atoms with Gasteiger partial charge in [-0.15, -0.1) is 11.3 Å². The van der Waals surface area contributed by atoms with E-state index in [0.29, 0.717) is 5.92 Å². The van der Waals surface area contributed by atoms with E-state index in [0.717, 1.165) is 11.2 Å². The van der Waals surface area contributed by atoms with Crippen molar-refractivity contribution in [2.24, 2.45) is 0 Å². The van der Waals surface area contributed by atoms with Gasteiger partial charge in [0.1, 0.15) is 5.01 Å². The van der Waals surface area contributed by atoms with Crippen LogP contribution in [0.5, 0.6) is 0 Å². The monoisotopic (exact) mass is 415 g/mol. The van der Waals surface area contributed by atoms with Crippen LogP contribution in [-0.4, -0.2) is 11.1 Å². The Kier molecular flexibility index (Phi) is 6.23. The molecule has 29 heavy (non-hydrogen) atoms. The predicted octanol–water partition coefficient (Wildman–Crippen LogP) is 6.66. The molecule has 1 heterocycles. The first kappa shape index (κ1) is 20.0. The van der Waals surface area contributed by atoms with Gasteiger partial charge in [-0.2, -0.15) is 0 Å². The number of benzene rings is 3. The van der Waals surface area contributed by atoms with Gasteiger partial charge in [0, 0.05) is 16.9 Å². The van der Waals surface area contributed by atoms with Gasteiger partial charge in [0.15, 0.2) is 0 Å². The highest BCUT2D eigenvalue weighted by atomic mass is 32.1. The summed E-state index contributed by atoms with van der Waals surface area (Å²) in [6.07, 6.45) is 1.11. The standard InChI is InChI=1S/C26H26NPS/c1-19-11-7-9-15-24(19)28(25-16-10-8-12-20(25)2)17-21(3)23-18-29-26(27-23)22-13-5-4-6-14-22/h4-16,18,21H,17H2,1-3H3/t21-/m0/s1. The zero-order chi connectivity index (χ0) is 20.2. The van der Waals surface area contributed by atoms with E-state index < -0.39 is 7.92 Å². The summed E-state index contributed by atoms with van der Waals surface area (Å²) in [5, 5.41) is 6.34. The Labute approximate surface area is 179 Å². The van der Waals surface area contributed by atoms with Gasteiger partial charge in [0.25, 0.3) is 0 Å². The molecule has 0 unspecified atom stereocenters. The van der Waals surface area contributed by atoms with Gasteiger partial charge in [-0.1, -0.05) is 85.8 Å². The van der Waals surface area contributed by atoms with Crippen LogP contribution in [0.15, 0.2) is 84.2 Å². The lowest BCUT2D eigenvalue weighted by Gasteiger charge is -2.25. The van der Waals surface area contributed by atoms with Crippen molar-refractivity contribution in [1.82, 2.24) is 4.98 Å². The molecule has 0 spiro atoms. The highest BCUT2D eigenvalue weighted by Crippen LogP contribution is 2.41. The molecule has 4 rings (SSSR count). The predicted molar refractivity (Wildman–Crippen MR) is 129 cm³/mol. The quantitative estimate of drug-likeness (QED) is 0.321. The lowest BCUT2D eigenvalue weighted by Crippen LogP contribution is -2.20. The van der Waals surface area contributed by atoms with Gasteiger partial charge in [0.2, 0.25) is 0 Å². The van der Waals surface area contributed by atoms with Crippen molar-refractivity contribution in [3.05, 3.63) is 101 Å². The van der Waals surface area contributed by atoms with Gasteiger partial charge in [-0.3, -0.25) is 0 Å². The molecular formula is C26H26NPS. The van der Waals surface area contributed by atoms with Crippen LogP contribution >= 0.6 is 19.3 Å². The third kappa shape index (κ3) is 4.50. The molecule has 0 aliphatic rings. The molecule has 146 valence electrons. The normalized spacial score (nSPS) is 12.3. The van der Waals surface area contributed by atoms with E-state index in [2.05, 4.69) is 105 Å². The van der Waals surface area contributed by atoms with Crippen molar-refractivity contribution in [3.8, 4) is 10.6 Å². The molecule has 0 amide bonds. The minimum atomic E-state index is -0.436. The van der Waals surface area contributed by atoms with Crippen molar-refractivity contribution < 1.29 is 0 Å². The molecule has 4 aromatic rings. The molecule has 3 aromatic carbocycles. The highest BCUT2D eigenvalue weighted by molar-refractivity contribution is 7.73. The van der Waals surface area contributed by atoms with E-state index in [-0.39, 0.29) is 0 Å². The Bertz CT molecular complexity index is 1040. The lowest BCUT2D eigenvalue weighted by molar-refractivity contribution is 0.843. The molecular weight excluding hydrogens is 389 g/mol. The molecule has 1 aromatic heterocycles. The summed E-state index contributed by atoms with van der Waals surface area (Å²) in [4.78, 5) is 4.99. The number of hydrogen-bond donors (Lipinski definition) is 0. The fraction of sp³-hybridized carbons (Fsp3) is 0.192. The van der Waals surface area contributed by atoms with Crippen LogP contribution in [0.2, 0.25) is 0 Å². The SMILES string of the molecule is Cc1ccccc1P(C[C@H](C)c1csc(-c2ccccc2)n1)c1ccccc1C. The summed E-state index contributed by atoms with van der Waals surface area (Å²) in [6.45, 7) is 6.81. The van der Waals surface area contributed by atoms with Crippen LogP contribution in [-0.2, 0) is 0 Å². The van der Waals surface area contributed by atoms with E-state index in [4.69, 9.17) is 4.98 Å². The second kappa shape index (κ2) is 9.03. The fourth-order valence-electron chi connectivity index (χ4n) is 3.65. The van der Waals surface area contributed by atoms with E-state index in [1.54, 1.807) is 11.3 Å². The molecule has 1 atom stereocenters. The van der Waals surface area contributed by atoms with Crippen LogP contribution < -0.4 is 10.6 Å². The van der Waals surface area contributed by atoms with Crippen molar-refractivity contribution in [3.63, 3.8) is 0 Å². The molecule has 1 nitrogen and oxygen atoms in total. The Morgan fingerprint density at radius 1 is 0.793 bits per heavy atom. The first-order chi connectivity index (χ1) is 14.1. The fourth-order valence-corrected chi connectivity index (χ4v) is 7.52. The average molecular weight is 416 g/mol. The third-order valence-electron chi connectivity index (χ3n) is 5.32. The molecule has 0 saturated heterocycles. The number of rotatable bonds is 6. The number of aryl methyl sites for hydroxylation is 2. The smallest absolute Gasteiger partial charge is 0.123 e. The largest absolute Gasteiger partial charge is 0.241 e.